The standard InChI is InChI=1S/C23H13F4NO4/c24-13-6-8-15(9-7-13)28(14-4-2-1-3-5-14)16-10-11-17-18(12-16)32-22(31)19(20(17)29)21(30)23(25,26)27/h1-12,29H. The number of carbonyl (C=O) groups excluding carboxylic acids is 1. The number of para-hydroxylation sites is 1. The van der Waals surface area contributed by atoms with E-state index in [-0.39, 0.29) is 11.0 Å². The van der Waals surface area contributed by atoms with Gasteiger partial charge in [-0.15, -0.1) is 0 Å². The van der Waals surface area contributed by atoms with Crippen molar-refractivity contribution < 1.29 is 31.9 Å². The van der Waals surface area contributed by atoms with Crippen molar-refractivity contribution in [1.82, 2.24) is 0 Å². The summed E-state index contributed by atoms with van der Waals surface area (Å²) in [7, 11) is 0. The monoisotopic (exact) mass is 443 g/mol. The highest BCUT2D eigenvalue weighted by molar-refractivity contribution is 6.06. The van der Waals surface area contributed by atoms with E-state index in [1.165, 1.54) is 42.5 Å². The van der Waals surface area contributed by atoms with Crippen LogP contribution in [-0.2, 0) is 0 Å². The molecule has 0 saturated carbocycles. The number of halogens is 4. The molecule has 0 atom stereocenters. The Labute approximate surface area is 177 Å². The van der Waals surface area contributed by atoms with Gasteiger partial charge in [-0.3, -0.25) is 4.79 Å². The quantitative estimate of drug-likeness (QED) is 0.243. The van der Waals surface area contributed by atoms with E-state index in [0.717, 1.165) is 0 Å². The second-order valence-electron chi connectivity index (χ2n) is 6.77. The van der Waals surface area contributed by atoms with Gasteiger partial charge >= 0.3 is 11.8 Å². The van der Waals surface area contributed by atoms with Crippen LogP contribution in [0.3, 0.4) is 0 Å². The molecule has 0 bridgehead atoms. The average Bonchev–Trinajstić information content (AvgIpc) is 2.75. The van der Waals surface area contributed by atoms with Crippen LogP contribution in [0.1, 0.15) is 10.4 Å². The predicted molar refractivity (Wildman–Crippen MR) is 109 cm³/mol. The minimum absolute atomic E-state index is 0.230. The van der Waals surface area contributed by atoms with Gasteiger partial charge in [0.1, 0.15) is 17.1 Å². The Bertz CT molecular complexity index is 1360. The van der Waals surface area contributed by atoms with Crippen molar-refractivity contribution >= 4 is 33.8 Å². The summed E-state index contributed by atoms with van der Waals surface area (Å²) < 4.78 is 56.8. The SMILES string of the molecule is O=C(c1c(O)c2ccc(N(c3ccccc3)c3ccc(F)cc3)cc2oc1=O)C(F)(F)F. The first-order valence-electron chi connectivity index (χ1n) is 9.19. The topological polar surface area (TPSA) is 70.8 Å². The lowest BCUT2D eigenvalue weighted by Crippen LogP contribution is -2.28. The Morgan fingerprint density at radius 3 is 2.09 bits per heavy atom. The smallest absolute Gasteiger partial charge is 0.455 e. The third kappa shape index (κ3) is 3.80. The number of benzene rings is 3. The van der Waals surface area contributed by atoms with Crippen molar-refractivity contribution in [1.29, 1.82) is 0 Å². The molecule has 3 aromatic carbocycles. The summed E-state index contributed by atoms with van der Waals surface area (Å²) in [6.45, 7) is 0. The maximum Gasteiger partial charge on any atom is 0.455 e. The maximum atomic E-state index is 13.4. The fourth-order valence-electron chi connectivity index (χ4n) is 3.27. The van der Waals surface area contributed by atoms with Gasteiger partial charge in [0, 0.05) is 23.1 Å². The predicted octanol–water partition coefficient (Wildman–Crippen LogP) is 5.85. The van der Waals surface area contributed by atoms with Crippen LogP contribution in [0.4, 0.5) is 34.6 Å². The number of fused-ring (bicyclic) bond motifs is 1. The lowest BCUT2D eigenvalue weighted by Gasteiger charge is -2.25. The Morgan fingerprint density at radius 1 is 0.875 bits per heavy atom. The fourth-order valence-corrected chi connectivity index (χ4v) is 3.27. The van der Waals surface area contributed by atoms with Gasteiger partial charge in [0.25, 0.3) is 5.78 Å². The summed E-state index contributed by atoms with van der Waals surface area (Å²) in [5, 5.41) is 9.98. The molecule has 0 spiro atoms. The molecule has 0 radical (unpaired) electrons. The Kier molecular flexibility index (Phi) is 5.17. The van der Waals surface area contributed by atoms with E-state index in [9.17, 15) is 32.3 Å². The first-order chi connectivity index (χ1) is 15.2. The summed E-state index contributed by atoms with van der Waals surface area (Å²) in [4.78, 5) is 25.3. The molecule has 0 aliphatic rings. The molecule has 1 heterocycles. The molecule has 0 aliphatic heterocycles. The highest BCUT2D eigenvalue weighted by Crippen LogP contribution is 2.38. The van der Waals surface area contributed by atoms with Crippen LogP contribution in [0.15, 0.2) is 82.0 Å². The fraction of sp³-hybridized carbons (Fsp3) is 0.0435. The van der Waals surface area contributed by atoms with Gasteiger partial charge < -0.3 is 14.4 Å². The van der Waals surface area contributed by atoms with Gasteiger partial charge in [-0.05, 0) is 48.5 Å². The van der Waals surface area contributed by atoms with E-state index >= 15 is 0 Å². The molecular weight excluding hydrogens is 430 g/mol. The largest absolute Gasteiger partial charge is 0.506 e. The number of hydrogen-bond donors (Lipinski definition) is 1. The van der Waals surface area contributed by atoms with Crippen molar-refractivity contribution in [2.24, 2.45) is 0 Å². The number of alkyl halides is 3. The highest BCUT2D eigenvalue weighted by atomic mass is 19.4. The van der Waals surface area contributed by atoms with E-state index in [4.69, 9.17) is 4.42 Å². The number of carbonyl (C=O) groups is 1. The Hall–Kier alpha value is -4.14. The number of Topliss-reactive ketones (excluding diaryl/α,β-unsaturated/α-hetero) is 1. The van der Waals surface area contributed by atoms with E-state index in [2.05, 4.69) is 0 Å². The highest BCUT2D eigenvalue weighted by Gasteiger charge is 2.43. The summed E-state index contributed by atoms with van der Waals surface area (Å²) in [5.74, 6) is -4.05. The second-order valence-corrected chi connectivity index (χ2v) is 6.77. The molecule has 0 unspecified atom stereocenters. The summed E-state index contributed by atoms with van der Waals surface area (Å²) >= 11 is 0. The van der Waals surface area contributed by atoms with Crippen LogP contribution in [0.5, 0.6) is 5.75 Å². The molecule has 4 aromatic rings. The van der Waals surface area contributed by atoms with E-state index in [1.807, 2.05) is 0 Å². The van der Waals surface area contributed by atoms with Gasteiger partial charge in [0.15, 0.2) is 5.56 Å². The normalized spacial score (nSPS) is 11.5. The van der Waals surface area contributed by atoms with Gasteiger partial charge in [-0.2, -0.15) is 13.2 Å². The van der Waals surface area contributed by atoms with Crippen LogP contribution >= 0.6 is 0 Å². The molecule has 0 fully saturated rings. The van der Waals surface area contributed by atoms with E-state index in [0.29, 0.717) is 17.1 Å². The molecule has 0 aliphatic carbocycles. The Balaban J connectivity index is 1.90. The first-order valence-corrected chi connectivity index (χ1v) is 9.19. The maximum absolute atomic E-state index is 13.4. The van der Waals surface area contributed by atoms with Crippen molar-refractivity contribution in [3.05, 3.63) is 94.6 Å². The van der Waals surface area contributed by atoms with Crippen molar-refractivity contribution in [2.75, 3.05) is 4.90 Å². The minimum atomic E-state index is -5.35. The molecule has 4 rings (SSSR count). The van der Waals surface area contributed by atoms with Gasteiger partial charge in [-0.1, -0.05) is 18.2 Å². The van der Waals surface area contributed by atoms with Crippen molar-refractivity contribution in [2.45, 2.75) is 6.18 Å². The average molecular weight is 443 g/mol. The second kappa shape index (κ2) is 7.84. The molecular formula is C23H13F4NO4. The van der Waals surface area contributed by atoms with Gasteiger partial charge in [-0.25, -0.2) is 9.18 Å². The molecule has 1 aromatic heterocycles. The van der Waals surface area contributed by atoms with Crippen LogP contribution in [0.25, 0.3) is 11.0 Å². The number of aromatic hydroxyl groups is 1. The first kappa shape index (κ1) is 21.1. The molecule has 162 valence electrons. The number of rotatable bonds is 4. The third-order valence-corrected chi connectivity index (χ3v) is 4.71. The number of hydrogen-bond acceptors (Lipinski definition) is 5. The third-order valence-electron chi connectivity index (χ3n) is 4.71. The van der Waals surface area contributed by atoms with Gasteiger partial charge in [0.2, 0.25) is 0 Å². The molecule has 0 amide bonds. The lowest BCUT2D eigenvalue weighted by molar-refractivity contribution is -0.0888. The van der Waals surface area contributed by atoms with Crippen LogP contribution in [0.2, 0.25) is 0 Å². The number of nitrogens with zero attached hydrogens (tertiary/aromatic N) is 1. The van der Waals surface area contributed by atoms with Crippen LogP contribution < -0.4 is 10.5 Å². The molecule has 32 heavy (non-hydrogen) atoms. The van der Waals surface area contributed by atoms with Crippen molar-refractivity contribution in [3.63, 3.8) is 0 Å². The molecule has 9 heteroatoms. The zero-order chi connectivity index (χ0) is 23.0. The zero-order valence-electron chi connectivity index (χ0n) is 16.1. The number of ketones is 1. The van der Waals surface area contributed by atoms with E-state index < -0.39 is 34.7 Å². The van der Waals surface area contributed by atoms with Gasteiger partial charge in [0.05, 0.1) is 5.39 Å². The summed E-state index contributed by atoms with van der Waals surface area (Å²) in [6.07, 6.45) is -5.35. The molecule has 1 N–H and O–H groups in total. The summed E-state index contributed by atoms with van der Waals surface area (Å²) in [6, 6.07) is 18.4. The number of anilines is 3. The van der Waals surface area contributed by atoms with Crippen LogP contribution in [0, 0.1) is 5.82 Å². The minimum Gasteiger partial charge on any atom is -0.506 e. The molecule has 5 nitrogen and oxygen atoms in total. The van der Waals surface area contributed by atoms with E-state index in [1.54, 1.807) is 35.2 Å². The zero-order valence-corrected chi connectivity index (χ0v) is 16.1. The summed E-state index contributed by atoms with van der Waals surface area (Å²) in [5.41, 5.74) is -1.69. The van der Waals surface area contributed by atoms with Crippen LogP contribution in [-0.4, -0.2) is 17.1 Å². The van der Waals surface area contributed by atoms with Crippen molar-refractivity contribution in [3.8, 4) is 5.75 Å². The Morgan fingerprint density at radius 2 is 1.47 bits per heavy atom. The molecule has 0 saturated heterocycles. The lowest BCUT2D eigenvalue weighted by atomic mass is 10.1.